The van der Waals surface area contributed by atoms with Gasteiger partial charge in [-0.1, -0.05) is 30.3 Å². The molecule has 4 rings (SSSR count). The van der Waals surface area contributed by atoms with Crippen molar-refractivity contribution in [2.75, 3.05) is 38.7 Å². The Kier molecular flexibility index (Phi) is 7.37. The van der Waals surface area contributed by atoms with Crippen LogP contribution in [0.1, 0.15) is 18.2 Å². The molecular weight excluding hydrogens is 412 g/mol. The summed E-state index contributed by atoms with van der Waals surface area (Å²) < 4.78 is 5.21. The maximum absolute atomic E-state index is 12.8. The van der Waals surface area contributed by atoms with Crippen LogP contribution in [0, 0.1) is 0 Å². The molecule has 6 nitrogen and oxygen atoms in total. The Morgan fingerprint density at radius 2 is 1.82 bits per heavy atom. The van der Waals surface area contributed by atoms with Gasteiger partial charge in [0.2, 0.25) is 5.91 Å². The predicted molar refractivity (Wildman–Crippen MR) is 133 cm³/mol. The number of benzene rings is 2. The zero-order chi connectivity index (χ0) is 23.2. The molecule has 1 aromatic heterocycles. The molecule has 0 radical (unpaired) electrons. The average Bonchev–Trinajstić information content (AvgIpc) is 2.84. The number of ether oxygens (including phenoxy) is 1. The standard InChI is InChI=1S/C27H32N4O2/c1-20-18-31(15-14-28-20)19-21-4-10-25(11-5-21)30(2)27(32)16-24-9-6-23(17-29-24)22-7-12-26(33-3)13-8-22/h4-13,17,20,28H,14-16,18-19H2,1-3H3/t20-/m0/s1. The van der Waals surface area contributed by atoms with Crippen molar-refractivity contribution < 1.29 is 9.53 Å². The number of hydrogen-bond acceptors (Lipinski definition) is 5. The number of aromatic nitrogens is 1. The summed E-state index contributed by atoms with van der Waals surface area (Å²) in [6.45, 7) is 6.32. The summed E-state index contributed by atoms with van der Waals surface area (Å²) in [6.07, 6.45) is 2.08. The largest absolute Gasteiger partial charge is 0.497 e. The number of amides is 1. The van der Waals surface area contributed by atoms with Crippen molar-refractivity contribution in [2.45, 2.75) is 25.9 Å². The van der Waals surface area contributed by atoms with Crippen LogP contribution >= 0.6 is 0 Å². The van der Waals surface area contributed by atoms with Crippen LogP contribution < -0.4 is 15.0 Å². The normalized spacial score (nSPS) is 16.4. The van der Waals surface area contributed by atoms with Gasteiger partial charge in [-0.2, -0.15) is 0 Å². The monoisotopic (exact) mass is 444 g/mol. The van der Waals surface area contributed by atoms with Crippen LogP contribution in [-0.2, 0) is 17.8 Å². The molecule has 1 aliphatic heterocycles. The molecular formula is C27H32N4O2. The van der Waals surface area contributed by atoms with Crippen molar-refractivity contribution in [3.8, 4) is 16.9 Å². The molecule has 1 saturated heterocycles. The lowest BCUT2D eigenvalue weighted by molar-refractivity contribution is -0.117. The first kappa shape index (κ1) is 23.0. The lowest BCUT2D eigenvalue weighted by Gasteiger charge is -2.31. The third kappa shape index (κ3) is 5.97. The van der Waals surface area contributed by atoms with E-state index in [1.807, 2.05) is 61.8 Å². The van der Waals surface area contributed by atoms with E-state index >= 15 is 0 Å². The average molecular weight is 445 g/mol. The number of anilines is 1. The smallest absolute Gasteiger partial charge is 0.232 e. The van der Waals surface area contributed by atoms with E-state index in [-0.39, 0.29) is 12.3 Å². The third-order valence-electron chi connectivity index (χ3n) is 6.14. The number of methoxy groups -OCH3 is 1. The number of carbonyl (C=O) groups excluding carboxylic acids is 1. The lowest BCUT2D eigenvalue weighted by atomic mass is 10.1. The van der Waals surface area contributed by atoms with Gasteiger partial charge < -0.3 is 15.0 Å². The molecule has 0 unspecified atom stereocenters. The molecule has 6 heteroatoms. The summed E-state index contributed by atoms with van der Waals surface area (Å²) in [4.78, 5) is 21.5. The molecule has 0 aliphatic carbocycles. The van der Waals surface area contributed by atoms with E-state index in [1.54, 1.807) is 12.0 Å². The molecule has 2 heterocycles. The second kappa shape index (κ2) is 10.6. The summed E-state index contributed by atoms with van der Waals surface area (Å²) in [5.41, 5.74) is 5.00. The van der Waals surface area contributed by atoms with Crippen LogP contribution in [-0.4, -0.2) is 55.6 Å². The van der Waals surface area contributed by atoms with Crippen LogP contribution in [0.4, 0.5) is 5.69 Å². The van der Waals surface area contributed by atoms with Crippen LogP contribution in [0.15, 0.2) is 66.9 Å². The Hall–Kier alpha value is -3.22. The fraction of sp³-hybridized carbons (Fsp3) is 0.333. The van der Waals surface area contributed by atoms with Gasteiger partial charge in [0.15, 0.2) is 0 Å². The number of nitrogens with zero attached hydrogens (tertiary/aromatic N) is 3. The fourth-order valence-electron chi connectivity index (χ4n) is 4.14. The van der Waals surface area contributed by atoms with E-state index in [4.69, 9.17) is 4.74 Å². The Balaban J connectivity index is 1.34. The summed E-state index contributed by atoms with van der Waals surface area (Å²) in [5.74, 6) is 0.840. The number of pyridine rings is 1. The van der Waals surface area contributed by atoms with E-state index in [0.717, 1.165) is 54.4 Å². The lowest BCUT2D eigenvalue weighted by Crippen LogP contribution is -2.48. The number of likely N-dealkylation sites (N-methyl/N-ethyl adjacent to an activating group) is 1. The Labute approximate surface area is 196 Å². The third-order valence-corrected chi connectivity index (χ3v) is 6.14. The molecule has 2 aromatic carbocycles. The molecule has 3 aromatic rings. The molecule has 1 atom stereocenters. The van der Waals surface area contributed by atoms with E-state index in [1.165, 1.54) is 5.56 Å². The van der Waals surface area contributed by atoms with Crippen LogP contribution in [0.3, 0.4) is 0 Å². The SMILES string of the molecule is COc1ccc(-c2ccc(CC(=O)N(C)c3ccc(CN4CCN[C@@H](C)C4)cc3)nc2)cc1. The second-order valence-electron chi connectivity index (χ2n) is 8.65. The summed E-state index contributed by atoms with van der Waals surface area (Å²) in [5, 5.41) is 3.47. The van der Waals surface area contributed by atoms with Crippen molar-refractivity contribution in [1.29, 1.82) is 0 Å². The summed E-state index contributed by atoms with van der Waals surface area (Å²) >= 11 is 0. The van der Waals surface area contributed by atoms with Gasteiger partial charge in [0.25, 0.3) is 0 Å². The minimum Gasteiger partial charge on any atom is -0.497 e. The minimum atomic E-state index is 0.0170. The summed E-state index contributed by atoms with van der Waals surface area (Å²) in [6, 6.07) is 20.6. The maximum Gasteiger partial charge on any atom is 0.232 e. The highest BCUT2D eigenvalue weighted by molar-refractivity contribution is 5.94. The molecule has 1 amide bonds. The van der Waals surface area contributed by atoms with Crippen molar-refractivity contribution >= 4 is 11.6 Å². The number of piperazine rings is 1. The highest BCUT2D eigenvalue weighted by atomic mass is 16.5. The van der Waals surface area contributed by atoms with Crippen LogP contribution in [0.25, 0.3) is 11.1 Å². The number of nitrogens with one attached hydrogen (secondary N) is 1. The van der Waals surface area contributed by atoms with Crippen molar-refractivity contribution in [3.05, 3.63) is 78.1 Å². The zero-order valence-corrected chi connectivity index (χ0v) is 19.6. The van der Waals surface area contributed by atoms with E-state index in [2.05, 4.69) is 34.3 Å². The van der Waals surface area contributed by atoms with E-state index in [9.17, 15) is 4.79 Å². The molecule has 1 aliphatic rings. The van der Waals surface area contributed by atoms with Gasteiger partial charge in [-0.05, 0) is 48.4 Å². The van der Waals surface area contributed by atoms with E-state index in [0.29, 0.717) is 6.04 Å². The molecule has 0 bridgehead atoms. The molecule has 0 saturated carbocycles. The van der Waals surface area contributed by atoms with Gasteiger partial charge in [0.1, 0.15) is 5.75 Å². The van der Waals surface area contributed by atoms with E-state index < -0.39 is 0 Å². The van der Waals surface area contributed by atoms with Crippen molar-refractivity contribution in [1.82, 2.24) is 15.2 Å². The van der Waals surface area contributed by atoms with Gasteiger partial charge in [0, 0.05) is 62.4 Å². The Morgan fingerprint density at radius 1 is 1.09 bits per heavy atom. The number of carbonyl (C=O) groups is 1. The fourth-order valence-corrected chi connectivity index (χ4v) is 4.14. The van der Waals surface area contributed by atoms with Crippen LogP contribution in [0.2, 0.25) is 0 Å². The first-order valence-corrected chi connectivity index (χ1v) is 11.4. The van der Waals surface area contributed by atoms with Crippen molar-refractivity contribution in [3.63, 3.8) is 0 Å². The molecule has 172 valence electrons. The first-order valence-electron chi connectivity index (χ1n) is 11.4. The second-order valence-corrected chi connectivity index (χ2v) is 8.65. The first-order chi connectivity index (χ1) is 16.0. The van der Waals surface area contributed by atoms with Gasteiger partial charge in [-0.25, -0.2) is 0 Å². The topological polar surface area (TPSA) is 57.7 Å². The highest BCUT2D eigenvalue weighted by Gasteiger charge is 2.16. The molecule has 33 heavy (non-hydrogen) atoms. The number of rotatable bonds is 7. The van der Waals surface area contributed by atoms with Crippen molar-refractivity contribution in [2.24, 2.45) is 0 Å². The van der Waals surface area contributed by atoms with Gasteiger partial charge in [-0.3, -0.25) is 14.7 Å². The molecule has 0 spiro atoms. The maximum atomic E-state index is 12.8. The predicted octanol–water partition coefficient (Wildman–Crippen LogP) is 3.76. The summed E-state index contributed by atoms with van der Waals surface area (Å²) in [7, 11) is 3.47. The van der Waals surface area contributed by atoms with Gasteiger partial charge >= 0.3 is 0 Å². The quantitative estimate of drug-likeness (QED) is 0.601. The van der Waals surface area contributed by atoms with Gasteiger partial charge in [-0.15, -0.1) is 0 Å². The Bertz CT molecular complexity index is 1050. The molecule has 1 N–H and O–H groups in total. The highest BCUT2D eigenvalue weighted by Crippen LogP contribution is 2.22. The minimum absolute atomic E-state index is 0.0170. The Morgan fingerprint density at radius 3 is 2.45 bits per heavy atom. The van der Waals surface area contributed by atoms with Gasteiger partial charge in [0.05, 0.1) is 13.5 Å². The van der Waals surface area contributed by atoms with Crippen LogP contribution in [0.5, 0.6) is 5.75 Å². The molecule has 1 fully saturated rings. The zero-order valence-electron chi connectivity index (χ0n) is 19.6. The number of hydrogen-bond donors (Lipinski definition) is 1.